The van der Waals surface area contributed by atoms with Crippen molar-refractivity contribution >= 4 is 12.2 Å². The summed E-state index contributed by atoms with van der Waals surface area (Å²) in [6, 6.07) is 6.96. The Bertz CT molecular complexity index is 435. The van der Waals surface area contributed by atoms with Gasteiger partial charge in [-0.05, 0) is 30.4 Å². The SMILES string of the molecule is C=CCB(CC=C)c1ccc(CCCC)cc1CC=C. The summed E-state index contributed by atoms with van der Waals surface area (Å²) in [5.41, 5.74) is 4.30. The van der Waals surface area contributed by atoms with E-state index in [9.17, 15) is 0 Å². The van der Waals surface area contributed by atoms with Crippen molar-refractivity contribution in [2.75, 3.05) is 0 Å². The van der Waals surface area contributed by atoms with Gasteiger partial charge in [0.1, 0.15) is 0 Å². The summed E-state index contributed by atoms with van der Waals surface area (Å²) in [7, 11) is 0. The predicted molar refractivity (Wildman–Crippen MR) is 94.4 cm³/mol. The Labute approximate surface area is 125 Å². The minimum atomic E-state index is 0.500. The lowest BCUT2D eigenvalue weighted by atomic mass is 9.40. The third kappa shape index (κ3) is 4.88. The van der Waals surface area contributed by atoms with E-state index in [1.807, 2.05) is 18.2 Å². The van der Waals surface area contributed by atoms with Crippen molar-refractivity contribution in [2.24, 2.45) is 0 Å². The topological polar surface area (TPSA) is 0 Å². The smallest absolute Gasteiger partial charge is 0.104 e. The Hall–Kier alpha value is -1.50. The van der Waals surface area contributed by atoms with Gasteiger partial charge in [-0.15, -0.1) is 19.7 Å². The molecular formula is C19H27B. The average molecular weight is 266 g/mol. The van der Waals surface area contributed by atoms with E-state index in [1.54, 1.807) is 0 Å². The van der Waals surface area contributed by atoms with Crippen molar-refractivity contribution in [2.45, 2.75) is 45.2 Å². The molecule has 0 aliphatic rings. The highest BCUT2D eigenvalue weighted by Gasteiger charge is 2.16. The first-order valence-corrected chi connectivity index (χ1v) is 7.71. The maximum Gasteiger partial charge on any atom is 0.183 e. The summed E-state index contributed by atoms with van der Waals surface area (Å²) < 4.78 is 0. The van der Waals surface area contributed by atoms with Crippen molar-refractivity contribution in [1.82, 2.24) is 0 Å². The number of rotatable bonds is 10. The highest BCUT2D eigenvalue weighted by molar-refractivity contribution is 6.74. The third-order valence-electron chi connectivity index (χ3n) is 3.73. The van der Waals surface area contributed by atoms with Crippen LogP contribution in [0.5, 0.6) is 0 Å². The predicted octanol–water partition coefficient (Wildman–Crippen LogP) is 4.83. The van der Waals surface area contributed by atoms with Gasteiger partial charge in [0.2, 0.25) is 0 Å². The van der Waals surface area contributed by atoms with E-state index in [2.05, 4.69) is 44.9 Å². The van der Waals surface area contributed by atoms with E-state index in [-0.39, 0.29) is 0 Å². The Kier molecular flexibility index (Phi) is 7.80. The number of benzene rings is 1. The second-order valence-corrected chi connectivity index (χ2v) is 5.38. The summed E-state index contributed by atoms with van der Waals surface area (Å²) in [5.74, 6) is 0. The number of aryl methyl sites for hydroxylation is 1. The van der Waals surface area contributed by atoms with E-state index >= 15 is 0 Å². The Morgan fingerprint density at radius 1 is 1.05 bits per heavy atom. The van der Waals surface area contributed by atoms with Crippen LogP contribution < -0.4 is 5.46 Å². The van der Waals surface area contributed by atoms with Gasteiger partial charge in [0, 0.05) is 0 Å². The van der Waals surface area contributed by atoms with Gasteiger partial charge in [-0.25, -0.2) is 0 Å². The molecule has 106 valence electrons. The molecule has 0 radical (unpaired) electrons. The van der Waals surface area contributed by atoms with Crippen molar-refractivity contribution in [3.63, 3.8) is 0 Å². The van der Waals surface area contributed by atoms with Gasteiger partial charge in [-0.2, -0.15) is 0 Å². The molecule has 0 aliphatic carbocycles. The summed E-state index contributed by atoms with van der Waals surface area (Å²) >= 11 is 0. The van der Waals surface area contributed by atoms with Gasteiger partial charge < -0.3 is 0 Å². The largest absolute Gasteiger partial charge is 0.183 e. The number of allylic oxidation sites excluding steroid dienone is 3. The maximum absolute atomic E-state index is 3.90. The fraction of sp³-hybridized carbons (Fsp3) is 0.368. The first kappa shape index (κ1) is 16.6. The monoisotopic (exact) mass is 266 g/mol. The molecular weight excluding hydrogens is 239 g/mol. The molecule has 0 atom stereocenters. The normalized spacial score (nSPS) is 10.1. The molecule has 0 saturated carbocycles. The van der Waals surface area contributed by atoms with Crippen LogP contribution in [0.2, 0.25) is 12.6 Å². The fourth-order valence-electron chi connectivity index (χ4n) is 2.68. The van der Waals surface area contributed by atoms with Gasteiger partial charge in [0.25, 0.3) is 0 Å². The standard InChI is InChI=1S/C19H27B/c1-5-9-11-17-12-13-19(18(16-17)10-6-2)20(14-7-3)15-8-4/h6-8,12-13,16H,2-5,9-11,14-15H2,1H3. The molecule has 0 spiro atoms. The molecule has 0 N–H and O–H groups in total. The van der Waals surface area contributed by atoms with Crippen LogP contribution in [-0.2, 0) is 12.8 Å². The van der Waals surface area contributed by atoms with E-state index in [1.165, 1.54) is 35.9 Å². The lowest BCUT2D eigenvalue weighted by Gasteiger charge is -2.16. The lowest BCUT2D eigenvalue weighted by Crippen LogP contribution is -2.32. The van der Waals surface area contributed by atoms with E-state index in [4.69, 9.17) is 0 Å². The highest BCUT2D eigenvalue weighted by atomic mass is 14.0. The maximum atomic E-state index is 3.90. The summed E-state index contributed by atoms with van der Waals surface area (Å²) in [6.07, 6.45) is 12.7. The Balaban J connectivity index is 3.05. The quantitative estimate of drug-likeness (QED) is 0.420. The van der Waals surface area contributed by atoms with Crippen LogP contribution in [0.1, 0.15) is 30.9 Å². The molecule has 0 bridgehead atoms. The minimum absolute atomic E-state index is 0.500. The van der Waals surface area contributed by atoms with Crippen LogP contribution in [0, 0.1) is 0 Å². The average Bonchev–Trinajstić information content (AvgIpc) is 2.45. The first-order valence-electron chi connectivity index (χ1n) is 7.71. The van der Waals surface area contributed by atoms with Crippen LogP contribution in [0.25, 0.3) is 0 Å². The minimum Gasteiger partial charge on any atom is -0.104 e. The molecule has 0 unspecified atom stereocenters. The van der Waals surface area contributed by atoms with Gasteiger partial charge in [0.05, 0.1) is 0 Å². The highest BCUT2D eigenvalue weighted by Crippen LogP contribution is 2.12. The van der Waals surface area contributed by atoms with Crippen molar-refractivity contribution in [1.29, 1.82) is 0 Å². The molecule has 0 aliphatic heterocycles. The number of unbranched alkanes of at least 4 members (excludes halogenated alkanes) is 1. The molecule has 20 heavy (non-hydrogen) atoms. The summed E-state index contributed by atoms with van der Waals surface area (Å²) in [4.78, 5) is 0. The van der Waals surface area contributed by atoms with Gasteiger partial charge in [-0.1, -0.05) is 67.9 Å². The Morgan fingerprint density at radius 2 is 1.75 bits per heavy atom. The number of hydrogen-bond acceptors (Lipinski definition) is 0. The zero-order valence-corrected chi connectivity index (χ0v) is 12.9. The van der Waals surface area contributed by atoms with Crippen LogP contribution in [0.4, 0.5) is 0 Å². The van der Waals surface area contributed by atoms with Gasteiger partial charge in [0.15, 0.2) is 6.71 Å². The second-order valence-electron chi connectivity index (χ2n) is 5.38. The number of hydrogen-bond donors (Lipinski definition) is 0. The summed E-state index contributed by atoms with van der Waals surface area (Å²) in [5, 5.41) is 0. The van der Waals surface area contributed by atoms with Crippen LogP contribution in [-0.4, -0.2) is 6.71 Å². The second kappa shape index (κ2) is 9.42. The van der Waals surface area contributed by atoms with E-state index < -0.39 is 0 Å². The molecule has 1 aromatic rings. The Morgan fingerprint density at radius 3 is 2.30 bits per heavy atom. The van der Waals surface area contributed by atoms with Gasteiger partial charge in [-0.3, -0.25) is 0 Å². The molecule has 1 rings (SSSR count). The molecule has 1 heteroatoms. The molecule has 0 nitrogen and oxygen atoms in total. The zero-order valence-electron chi connectivity index (χ0n) is 12.9. The van der Waals surface area contributed by atoms with Crippen molar-refractivity contribution in [3.8, 4) is 0 Å². The molecule has 0 amide bonds. The van der Waals surface area contributed by atoms with Crippen molar-refractivity contribution in [3.05, 3.63) is 67.3 Å². The van der Waals surface area contributed by atoms with E-state index in [0.717, 1.165) is 19.1 Å². The lowest BCUT2D eigenvalue weighted by molar-refractivity contribution is 0.794. The van der Waals surface area contributed by atoms with Gasteiger partial charge >= 0.3 is 0 Å². The molecule has 1 aromatic carbocycles. The summed E-state index contributed by atoms with van der Waals surface area (Å²) in [6.45, 7) is 14.4. The van der Waals surface area contributed by atoms with Crippen LogP contribution >= 0.6 is 0 Å². The van der Waals surface area contributed by atoms with Crippen LogP contribution in [0.15, 0.2) is 56.2 Å². The van der Waals surface area contributed by atoms with Crippen LogP contribution in [0.3, 0.4) is 0 Å². The van der Waals surface area contributed by atoms with Crippen molar-refractivity contribution < 1.29 is 0 Å². The first-order chi connectivity index (χ1) is 9.76. The van der Waals surface area contributed by atoms with E-state index in [0.29, 0.717) is 6.71 Å². The molecule has 0 heterocycles. The molecule has 0 saturated heterocycles. The molecule has 0 fully saturated rings. The fourth-order valence-corrected chi connectivity index (χ4v) is 2.68. The molecule has 0 aromatic heterocycles. The zero-order chi connectivity index (χ0) is 14.8. The third-order valence-corrected chi connectivity index (χ3v) is 3.73.